The largest absolute Gasteiger partial charge is 0.370 e. The number of aromatic nitrogens is 1. The quantitative estimate of drug-likeness (QED) is 0.843. The van der Waals surface area contributed by atoms with E-state index in [0.717, 1.165) is 57.7 Å². The molecule has 0 unspecified atom stereocenters. The van der Waals surface area contributed by atoms with E-state index >= 15 is 0 Å². The molecule has 3 aliphatic rings. The molecule has 1 aromatic rings. The summed E-state index contributed by atoms with van der Waals surface area (Å²) in [6.07, 6.45) is 7.88. The summed E-state index contributed by atoms with van der Waals surface area (Å²) in [4.78, 5) is 18.8. The number of ether oxygens (including phenoxy) is 1. The van der Waals surface area contributed by atoms with Crippen molar-refractivity contribution in [2.24, 2.45) is 0 Å². The van der Waals surface area contributed by atoms with Gasteiger partial charge in [0.15, 0.2) is 6.54 Å². The van der Waals surface area contributed by atoms with Gasteiger partial charge in [0.25, 0.3) is 5.91 Å². The number of amides is 1. The highest BCUT2D eigenvalue weighted by molar-refractivity contribution is 5.93. The SMILES string of the molecule is O=C(C[NH+]1CCOCC1)Nc1c2c(nc3c1CCC3)CCCC2. The number of morpholine rings is 1. The Morgan fingerprint density at radius 3 is 2.43 bits per heavy atom. The fourth-order valence-corrected chi connectivity index (χ4v) is 4.15. The van der Waals surface area contributed by atoms with Crippen LogP contribution in [-0.2, 0) is 35.2 Å². The molecule has 4 rings (SSSR count). The normalized spacial score (nSPS) is 20.9. The van der Waals surface area contributed by atoms with Crippen molar-refractivity contribution in [3.05, 3.63) is 22.5 Å². The van der Waals surface area contributed by atoms with Crippen LogP contribution in [-0.4, -0.2) is 43.7 Å². The van der Waals surface area contributed by atoms with Gasteiger partial charge in [0.1, 0.15) is 13.1 Å². The lowest BCUT2D eigenvalue weighted by Gasteiger charge is -2.25. The number of carbonyl (C=O) groups is 1. The third-order valence-corrected chi connectivity index (χ3v) is 5.38. The van der Waals surface area contributed by atoms with E-state index < -0.39 is 0 Å². The lowest BCUT2D eigenvalue weighted by Crippen LogP contribution is -3.15. The molecular weight excluding hydrogens is 290 g/mol. The topological polar surface area (TPSA) is 55.7 Å². The Kier molecular flexibility index (Phi) is 4.31. The zero-order valence-electron chi connectivity index (χ0n) is 13.7. The van der Waals surface area contributed by atoms with E-state index in [1.165, 1.54) is 46.7 Å². The first-order valence-corrected chi connectivity index (χ1v) is 9.06. The van der Waals surface area contributed by atoms with Gasteiger partial charge in [-0.2, -0.15) is 0 Å². The van der Waals surface area contributed by atoms with Crippen LogP contribution in [0.3, 0.4) is 0 Å². The number of quaternary nitrogens is 1. The minimum atomic E-state index is 0.148. The molecule has 1 saturated heterocycles. The van der Waals surface area contributed by atoms with E-state index in [0.29, 0.717) is 6.54 Å². The molecule has 1 amide bonds. The van der Waals surface area contributed by atoms with Crippen LogP contribution >= 0.6 is 0 Å². The lowest BCUT2D eigenvalue weighted by atomic mass is 9.92. The van der Waals surface area contributed by atoms with Crippen molar-refractivity contribution < 1.29 is 14.4 Å². The molecular formula is C18H26N3O2+. The number of hydrogen-bond acceptors (Lipinski definition) is 3. The summed E-state index contributed by atoms with van der Waals surface area (Å²) >= 11 is 0. The highest BCUT2D eigenvalue weighted by Gasteiger charge is 2.26. The first-order chi connectivity index (χ1) is 11.3. The van der Waals surface area contributed by atoms with Gasteiger partial charge in [0, 0.05) is 11.4 Å². The smallest absolute Gasteiger partial charge is 0.279 e. The summed E-state index contributed by atoms with van der Waals surface area (Å²) in [5.41, 5.74) is 6.24. The third-order valence-electron chi connectivity index (χ3n) is 5.38. The fourth-order valence-electron chi connectivity index (χ4n) is 4.15. The lowest BCUT2D eigenvalue weighted by molar-refractivity contribution is -0.899. The van der Waals surface area contributed by atoms with E-state index in [1.807, 2.05) is 0 Å². The van der Waals surface area contributed by atoms with Crippen LogP contribution in [0.15, 0.2) is 0 Å². The summed E-state index contributed by atoms with van der Waals surface area (Å²) in [6.45, 7) is 3.94. The molecule has 2 heterocycles. The van der Waals surface area contributed by atoms with E-state index in [9.17, 15) is 4.79 Å². The molecule has 0 bridgehead atoms. The molecule has 5 nitrogen and oxygen atoms in total. The molecule has 5 heteroatoms. The van der Waals surface area contributed by atoms with Crippen molar-refractivity contribution in [2.75, 3.05) is 38.2 Å². The maximum atomic E-state index is 12.6. The molecule has 0 atom stereocenters. The number of aryl methyl sites for hydroxylation is 2. The molecule has 0 saturated carbocycles. The standard InChI is InChI=1S/C18H25N3O2/c22-17(12-21-8-10-23-11-9-21)20-18-13-4-1-2-6-15(13)19-16-7-3-5-14(16)18/h1-12H2,(H,19,20,22)/p+1. The summed E-state index contributed by atoms with van der Waals surface area (Å²) in [7, 11) is 0. The Bertz CT molecular complexity index is 609. The minimum absolute atomic E-state index is 0.148. The van der Waals surface area contributed by atoms with Crippen molar-refractivity contribution in [2.45, 2.75) is 44.9 Å². The highest BCUT2D eigenvalue weighted by Crippen LogP contribution is 2.35. The van der Waals surface area contributed by atoms with Crippen molar-refractivity contribution in [1.82, 2.24) is 4.98 Å². The number of carbonyl (C=O) groups excluding carboxylic acids is 1. The zero-order chi connectivity index (χ0) is 15.6. The number of fused-ring (bicyclic) bond motifs is 2. The third kappa shape index (κ3) is 3.12. The van der Waals surface area contributed by atoms with Gasteiger partial charge in [-0.15, -0.1) is 0 Å². The van der Waals surface area contributed by atoms with Gasteiger partial charge in [-0.05, 0) is 56.1 Å². The number of rotatable bonds is 3. The molecule has 1 aliphatic heterocycles. The van der Waals surface area contributed by atoms with Gasteiger partial charge >= 0.3 is 0 Å². The first kappa shape index (κ1) is 15.1. The summed E-state index contributed by atoms with van der Waals surface area (Å²) in [5, 5.41) is 3.28. The van der Waals surface area contributed by atoms with Crippen molar-refractivity contribution in [1.29, 1.82) is 0 Å². The molecule has 1 fully saturated rings. The molecule has 1 aromatic heterocycles. The summed E-state index contributed by atoms with van der Waals surface area (Å²) in [5.74, 6) is 0.148. The minimum Gasteiger partial charge on any atom is -0.370 e. The molecule has 0 radical (unpaired) electrons. The van der Waals surface area contributed by atoms with Gasteiger partial charge in [0.2, 0.25) is 0 Å². The Balaban J connectivity index is 1.55. The number of nitrogens with one attached hydrogen (secondary N) is 2. The van der Waals surface area contributed by atoms with E-state index in [1.54, 1.807) is 0 Å². The predicted octanol–water partition coefficient (Wildman–Crippen LogP) is 0.303. The molecule has 2 aliphatic carbocycles. The summed E-state index contributed by atoms with van der Waals surface area (Å²) < 4.78 is 5.37. The second-order valence-electron chi connectivity index (χ2n) is 6.99. The number of anilines is 1. The van der Waals surface area contributed by atoms with Crippen LogP contribution in [0, 0.1) is 0 Å². The molecule has 2 N–H and O–H groups in total. The Labute approximate surface area is 137 Å². The van der Waals surface area contributed by atoms with Gasteiger partial charge < -0.3 is 15.0 Å². The number of pyridine rings is 1. The highest BCUT2D eigenvalue weighted by atomic mass is 16.5. The van der Waals surface area contributed by atoms with Gasteiger partial charge in [-0.3, -0.25) is 9.78 Å². The fraction of sp³-hybridized carbons (Fsp3) is 0.667. The van der Waals surface area contributed by atoms with Gasteiger partial charge in [-0.25, -0.2) is 0 Å². The molecule has 124 valence electrons. The maximum Gasteiger partial charge on any atom is 0.279 e. The predicted molar refractivity (Wildman–Crippen MR) is 87.9 cm³/mol. The second-order valence-corrected chi connectivity index (χ2v) is 6.99. The van der Waals surface area contributed by atoms with E-state index in [4.69, 9.17) is 9.72 Å². The molecule has 0 spiro atoms. The van der Waals surface area contributed by atoms with Crippen LogP contribution in [0.5, 0.6) is 0 Å². The van der Waals surface area contributed by atoms with Crippen LogP contribution in [0.2, 0.25) is 0 Å². The van der Waals surface area contributed by atoms with Crippen molar-refractivity contribution >= 4 is 11.6 Å². The van der Waals surface area contributed by atoms with E-state index in [-0.39, 0.29) is 5.91 Å². The average Bonchev–Trinajstić information content (AvgIpc) is 3.04. The van der Waals surface area contributed by atoms with Crippen molar-refractivity contribution in [3.63, 3.8) is 0 Å². The number of hydrogen-bond donors (Lipinski definition) is 2. The van der Waals surface area contributed by atoms with E-state index in [2.05, 4.69) is 5.32 Å². The average molecular weight is 316 g/mol. The van der Waals surface area contributed by atoms with Gasteiger partial charge in [0.05, 0.1) is 18.9 Å². The molecule has 23 heavy (non-hydrogen) atoms. The first-order valence-electron chi connectivity index (χ1n) is 9.06. The zero-order valence-corrected chi connectivity index (χ0v) is 13.7. The Hall–Kier alpha value is -1.46. The maximum absolute atomic E-state index is 12.6. The van der Waals surface area contributed by atoms with Crippen LogP contribution in [0.25, 0.3) is 0 Å². The number of nitrogens with zero attached hydrogens (tertiary/aromatic N) is 1. The summed E-state index contributed by atoms with van der Waals surface area (Å²) in [6, 6.07) is 0. The monoisotopic (exact) mass is 316 g/mol. The van der Waals surface area contributed by atoms with Crippen LogP contribution in [0.1, 0.15) is 41.8 Å². The Morgan fingerprint density at radius 1 is 1.00 bits per heavy atom. The second kappa shape index (κ2) is 6.57. The van der Waals surface area contributed by atoms with Crippen LogP contribution < -0.4 is 10.2 Å². The molecule has 0 aromatic carbocycles. The van der Waals surface area contributed by atoms with Crippen molar-refractivity contribution in [3.8, 4) is 0 Å². The van der Waals surface area contributed by atoms with Crippen LogP contribution in [0.4, 0.5) is 5.69 Å². The Morgan fingerprint density at radius 2 is 1.65 bits per heavy atom. The van der Waals surface area contributed by atoms with Gasteiger partial charge in [-0.1, -0.05) is 0 Å².